The van der Waals surface area contributed by atoms with Gasteiger partial charge in [0, 0.05) is 11.1 Å². The number of hydrogen-bond acceptors (Lipinski definition) is 3. The number of hydrogen-bond donors (Lipinski definition) is 1. The van der Waals surface area contributed by atoms with E-state index in [-0.39, 0.29) is 0 Å². The Morgan fingerprint density at radius 2 is 1.95 bits per heavy atom. The standard InChI is InChI=1S/C17H25N3O2/c1-17(2,3)20(16(21)22)15-12-8-5-9-13(12)18-19-14(15)10-11-6-4-7-11/h11H,4-10H2,1-3H3,(H,21,22). The number of aromatic nitrogens is 2. The van der Waals surface area contributed by atoms with Crippen LogP contribution in [0.1, 0.15) is 63.4 Å². The Balaban J connectivity index is 2.09. The smallest absolute Gasteiger partial charge is 0.412 e. The largest absolute Gasteiger partial charge is 0.465 e. The number of carboxylic acid groups (broad SMARTS) is 1. The van der Waals surface area contributed by atoms with Crippen molar-refractivity contribution in [1.29, 1.82) is 0 Å². The average Bonchev–Trinajstić information content (AvgIpc) is 2.81. The summed E-state index contributed by atoms with van der Waals surface area (Å²) in [5.41, 5.74) is 3.32. The molecule has 5 nitrogen and oxygen atoms in total. The van der Waals surface area contributed by atoms with Crippen LogP contribution < -0.4 is 4.90 Å². The summed E-state index contributed by atoms with van der Waals surface area (Å²) in [5.74, 6) is 0.642. The fraction of sp³-hybridized carbons (Fsp3) is 0.706. The highest BCUT2D eigenvalue weighted by Gasteiger charge is 2.35. The van der Waals surface area contributed by atoms with Gasteiger partial charge in [-0.15, -0.1) is 0 Å². The minimum atomic E-state index is -0.899. The van der Waals surface area contributed by atoms with Gasteiger partial charge in [-0.25, -0.2) is 4.79 Å². The van der Waals surface area contributed by atoms with E-state index in [2.05, 4.69) is 10.2 Å². The second-order valence-electron chi connectivity index (χ2n) is 7.56. The number of rotatable bonds is 3. The van der Waals surface area contributed by atoms with Gasteiger partial charge < -0.3 is 5.11 Å². The minimum Gasteiger partial charge on any atom is -0.465 e. The maximum Gasteiger partial charge on any atom is 0.412 e. The van der Waals surface area contributed by atoms with Gasteiger partial charge in [0.15, 0.2) is 0 Å². The molecule has 0 unspecified atom stereocenters. The lowest BCUT2D eigenvalue weighted by atomic mass is 9.81. The lowest BCUT2D eigenvalue weighted by Crippen LogP contribution is -2.46. The van der Waals surface area contributed by atoms with Crippen LogP contribution in [0.5, 0.6) is 0 Å². The third kappa shape index (κ3) is 2.69. The fourth-order valence-corrected chi connectivity index (χ4v) is 3.53. The predicted octanol–water partition coefficient (Wildman–Crippen LogP) is 3.59. The van der Waals surface area contributed by atoms with Crippen molar-refractivity contribution in [1.82, 2.24) is 10.2 Å². The molecule has 5 heteroatoms. The molecule has 2 aliphatic carbocycles. The van der Waals surface area contributed by atoms with Crippen LogP contribution in [0.15, 0.2) is 0 Å². The topological polar surface area (TPSA) is 66.3 Å². The molecule has 1 aromatic rings. The third-order valence-electron chi connectivity index (χ3n) is 4.83. The summed E-state index contributed by atoms with van der Waals surface area (Å²) in [7, 11) is 0. The van der Waals surface area contributed by atoms with Gasteiger partial charge in [-0.05, 0) is 52.4 Å². The molecule has 120 valence electrons. The minimum absolute atomic E-state index is 0.487. The highest BCUT2D eigenvalue weighted by atomic mass is 16.4. The van der Waals surface area contributed by atoms with Crippen LogP contribution in [0.25, 0.3) is 0 Å². The zero-order valence-electron chi connectivity index (χ0n) is 13.7. The number of carbonyl (C=O) groups is 1. The fourth-order valence-electron chi connectivity index (χ4n) is 3.53. The number of nitrogens with zero attached hydrogens (tertiary/aromatic N) is 3. The first-order chi connectivity index (χ1) is 10.4. The van der Waals surface area contributed by atoms with Gasteiger partial charge in [-0.1, -0.05) is 19.3 Å². The van der Waals surface area contributed by atoms with Crippen molar-refractivity contribution in [2.45, 2.75) is 71.3 Å². The third-order valence-corrected chi connectivity index (χ3v) is 4.83. The van der Waals surface area contributed by atoms with Crippen LogP contribution in [0, 0.1) is 5.92 Å². The lowest BCUT2D eigenvalue weighted by molar-refractivity contribution is 0.195. The first kappa shape index (κ1) is 15.3. The Morgan fingerprint density at radius 3 is 2.50 bits per heavy atom. The molecular formula is C17H25N3O2. The van der Waals surface area contributed by atoms with Crippen molar-refractivity contribution in [3.05, 3.63) is 17.0 Å². The average molecular weight is 303 g/mol. The van der Waals surface area contributed by atoms with Gasteiger partial charge in [0.05, 0.1) is 17.1 Å². The van der Waals surface area contributed by atoms with Crippen molar-refractivity contribution in [2.24, 2.45) is 5.92 Å². The number of fused-ring (bicyclic) bond motifs is 1. The first-order valence-corrected chi connectivity index (χ1v) is 8.28. The normalized spacial score (nSPS) is 18.0. The highest BCUT2D eigenvalue weighted by Crippen LogP contribution is 2.39. The van der Waals surface area contributed by atoms with E-state index in [1.54, 1.807) is 0 Å². The summed E-state index contributed by atoms with van der Waals surface area (Å²) in [4.78, 5) is 13.5. The molecule has 1 heterocycles. The van der Waals surface area contributed by atoms with E-state index in [1.165, 1.54) is 24.2 Å². The van der Waals surface area contributed by atoms with E-state index in [0.717, 1.165) is 48.3 Å². The molecule has 1 saturated carbocycles. The summed E-state index contributed by atoms with van der Waals surface area (Å²) in [6.07, 6.45) is 6.55. The highest BCUT2D eigenvalue weighted by molar-refractivity contribution is 5.89. The molecule has 1 fully saturated rings. The molecule has 1 aromatic heterocycles. The Kier molecular flexibility index (Phi) is 3.83. The van der Waals surface area contributed by atoms with Gasteiger partial charge in [-0.3, -0.25) is 4.90 Å². The second-order valence-corrected chi connectivity index (χ2v) is 7.56. The van der Waals surface area contributed by atoms with Crippen molar-refractivity contribution < 1.29 is 9.90 Å². The summed E-state index contributed by atoms with van der Waals surface area (Å²) in [6, 6.07) is 0. The molecule has 0 spiro atoms. The van der Waals surface area contributed by atoms with Gasteiger partial charge >= 0.3 is 6.09 Å². The van der Waals surface area contributed by atoms with E-state index in [1.807, 2.05) is 20.8 Å². The van der Waals surface area contributed by atoms with Gasteiger partial charge in [0.2, 0.25) is 0 Å². The molecule has 0 saturated heterocycles. The quantitative estimate of drug-likeness (QED) is 0.926. The van der Waals surface area contributed by atoms with E-state index in [4.69, 9.17) is 0 Å². The molecule has 0 bridgehead atoms. The lowest BCUT2D eigenvalue weighted by Gasteiger charge is -2.36. The summed E-state index contributed by atoms with van der Waals surface area (Å²) in [6.45, 7) is 5.82. The van der Waals surface area contributed by atoms with E-state index in [0.29, 0.717) is 5.92 Å². The number of anilines is 1. The summed E-state index contributed by atoms with van der Waals surface area (Å²) in [5, 5.41) is 18.6. The SMILES string of the molecule is CC(C)(C)N(C(=O)O)c1c(CC2CCC2)nnc2c1CCC2. The van der Waals surface area contributed by atoms with E-state index < -0.39 is 11.6 Å². The molecule has 0 aliphatic heterocycles. The second kappa shape index (κ2) is 5.52. The van der Waals surface area contributed by atoms with Crippen molar-refractivity contribution >= 4 is 11.8 Å². The predicted molar refractivity (Wildman–Crippen MR) is 85.4 cm³/mol. The van der Waals surface area contributed by atoms with Crippen molar-refractivity contribution in [2.75, 3.05) is 4.90 Å². The van der Waals surface area contributed by atoms with Crippen LogP contribution in [-0.4, -0.2) is 26.9 Å². The van der Waals surface area contributed by atoms with Crippen LogP contribution in [-0.2, 0) is 19.3 Å². The number of amides is 1. The molecule has 1 amide bonds. The zero-order chi connectivity index (χ0) is 15.9. The van der Waals surface area contributed by atoms with E-state index >= 15 is 0 Å². The molecule has 0 atom stereocenters. The maximum absolute atomic E-state index is 11.9. The van der Waals surface area contributed by atoms with E-state index in [9.17, 15) is 9.90 Å². The Hall–Kier alpha value is -1.65. The zero-order valence-corrected chi connectivity index (χ0v) is 13.7. The van der Waals surface area contributed by atoms with Crippen LogP contribution >= 0.6 is 0 Å². The van der Waals surface area contributed by atoms with Crippen molar-refractivity contribution in [3.8, 4) is 0 Å². The molecule has 22 heavy (non-hydrogen) atoms. The van der Waals surface area contributed by atoms with Gasteiger partial charge in [-0.2, -0.15) is 10.2 Å². The molecule has 2 aliphatic rings. The molecule has 0 radical (unpaired) electrons. The van der Waals surface area contributed by atoms with Gasteiger partial charge in [0.1, 0.15) is 0 Å². The molecular weight excluding hydrogens is 278 g/mol. The van der Waals surface area contributed by atoms with Crippen LogP contribution in [0.2, 0.25) is 0 Å². The first-order valence-electron chi connectivity index (χ1n) is 8.28. The summed E-state index contributed by atoms with van der Waals surface area (Å²) < 4.78 is 0. The molecule has 3 rings (SSSR count). The molecule has 0 aromatic carbocycles. The monoisotopic (exact) mass is 303 g/mol. The maximum atomic E-state index is 11.9. The Labute approximate surface area is 131 Å². The van der Waals surface area contributed by atoms with Crippen LogP contribution in [0.4, 0.5) is 10.5 Å². The number of aryl methyl sites for hydroxylation is 1. The Bertz CT molecular complexity index is 588. The Morgan fingerprint density at radius 1 is 1.23 bits per heavy atom. The molecule has 1 N–H and O–H groups in total. The van der Waals surface area contributed by atoms with Crippen LogP contribution in [0.3, 0.4) is 0 Å². The van der Waals surface area contributed by atoms with Gasteiger partial charge in [0.25, 0.3) is 0 Å². The van der Waals surface area contributed by atoms with Crippen molar-refractivity contribution in [3.63, 3.8) is 0 Å². The summed E-state index contributed by atoms with van der Waals surface area (Å²) >= 11 is 0.